The van der Waals surface area contributed by atoms with Gasteiger partial charge < -0.3 is 35.1 Å². The Morgan fingerprint density at radius 1 is 0.784 bits per heavy atom. The molecule has 1 saturated carbocycles. The minimum absolute atomic E-state index is 0.0920. The highest BCUT2D eigenvalue weighted by Gasteiger charge is 2.42. The maximum absolute atomic E-state index is 10.4. The van der Waals surface area contributed by atoms with Crippen LogP contribution in [-0.4, -0.2) is 101 Å². The fourth-order valence-electron chi connectivity index (χ4n) is 6.12. The Labute approximate surface area is 224 Å². The quantitative estimate of drug-likeness (QED) is 0.417. The fraction of sp³-hybridized carbons (Fsp3) is 0.586. The van der Waals surface area contributed by atoms with Gasteiger partial charge in [-0.3, -0.25) is 0 Å². The Hall–Kier alpha value is -1.65. The van der Waals surface area contributed by atoms with Crippen molar-refractivity contribution in [1.29, 1.82) is 0 Å². The highest BCUT2D eigenvalue weighted by Crippen LogP contribution is 2.48. The molecular formula is C29H41N3O4S. The van der Waals surface area contributed by atoms with Crippen molar-refractivity contribution in [3.8, 4) is 0 Å². The van der Waals surface area contributed by atoms with Crippen LogP contribution in [0.15, 0.2) is 52.3 Å². The number of anilines is 2. The predicted molar refractivity (Wildman–Crippen MR) is 148 cm³/mol. The molecule has 5 atom stereocenters. The van der Waals surface area contributed by atoms with E-state index in [0.717, 1.165) is 58.7 Å². The molecule has 0 amide bonds. The van der Waals surface area contributed by atoms with Crippen molar-refractivity contribution in [3.63, 3.8) is 0 Å². The standard InChI is InChI=1S/C29H41N3O4S/c1-20-7-8-26-24(17-20)32(23-5-2-3-6-25(23)37-26)11-4-10-30-13-15-31(16-14-30)12-9-21-18-22(19-33)28(35)29(36)27(21)34/h2-3,5-8,17,21-22,27-29,33-36H,4,9-16,18-19H2,1H3/t21?,22-,27+,28-,29-/m1/s1. The van der Waals surface area contributed by atoms with Crippen LogP contribution in [0.25, 0.3) is 0 Å². The first-order valence-corrected chi connectivity index (χ1v) is 14.5. The van der Waals surface area contributed by atoms with Gasteiger partial charge in [-0.05, 0) is 75.0 Å². The van der Waals surface area contributed by atoms with Crippen molar-refractivity contribution in [1.82, 2.24) is 9.80 Å². The summed E-state index contributed by atoms with van der Waals surface area (Å²) in [5, 5.41) is 40.1. The number of benzene rings is 2. The zero-order valence-electron chi connectivity index (χ0n) is 21.7. The van der Waals surface area contributed by atoms with E-state index in [2.05, 4.69) is 64.1 Å². The summed E-state index contributed by atoms with van der Waals surface area (Å²) in [5.41, 5.74) is 3.92. The number of para-hydroxylation sites is 1. The van der Waals surface area contributed by atoms with Crippen LogP contribution in [0.1, 0.15) is 24.8 Å². The largest absolute Gasteiger partial charge is 0.396 e. The molecule has 37 heavy (non-hydrogen) atoms. The molecule has 4 N–H and O–H groups in total. The number of aliphatic hydroxyl groups excluding tert-OH is 4. The average molecular weight is 528 g/mol. The third kappa shape index (κ3) is 6.01. The SMILES string of the molecule is Cc1ccc2c(c1)N(CCCN1CCN(CCC3C[C@H](CO)[C@@H](O)[C@H](O)[C@H]3O)CC1)c1ccccc1S2. The third-order valence-electron chi connectivity index (χ3n) is 8.42. The van der Waals surface area contributed by atoms with Gasteiger partial charge in [-0.25, -0.2) is 0 Å². The van der Waals surface area contributed by atoms with Gasteiger partial charge in [0.15, 0.2) is 0 Å². The molecule has 0 bridgehead atoms. The zero-order valence-corrected chi connectivity index (χ0v) is 22.6. The molecule has 1 saturated heterocycles. The topological polar surface area (TPSA) is 90.6 Å². The van der Waals surface area contributed by atoms with Crippen LogP contribution >= 0.6 is 11.8 Å². The first-order chi connectivity index (χ1) is 17.9. The average Bonchev–Trinajstić information content (AvgIpc) is 2.92. The second kappa shape index (κ2) is 12.0. The van der Waals surface area contributed by atoms with Crippen molar-refractivity contribution >= 4 is 23.1 Å². The summed E-state index contributed by atoms with van der Waals surface area (Å²) in [4.78, 5) is 10.1. The molecule has 8 heteroatoms. The van der Waals surface area contributed by atoms with E-state index >= 15 is 0 Å². The maximum Gasteiger partial charge on any atom is 0.106 e. The van der Waals surface area contributed by atoms with Gasteiger partial charge in [-0.2, -0.15) is 0 Å². The Kier molecular flexibility index (Phi) is 8.76. The van der Waals surface area contributed by atoms with E-state index < -0.39 is 18.3 Å². The lowest BCUT2D eigenvalue weighted by molar-refractivity contribution is -0.143. The molecule has 2 aromatic carbocycles. The summed E-state index contributed by atoms with van der Waals surface area (Å²) in [6, 6.07) is 15.5. The molecule has 2 aliphatic heterocycles. The third-order valence-corrected chi connectivity index (χ3v) is 9.55. The number of fused-ring (bicyclic) bond motifs is 2. The normalized spacial score (nSPS) is 28.7. The Balaban J connectivity index is 1.09. The van der Waals surface area contributed by atoms with Gasteiger partial charge in [-0.15, -0.1) is 0 Å². The Bertz CT molecular complexity index is 1050. The number of piperazine rings is 1. The van der Waals surface area contributed by atoms with E-state index in [1.807, 2.05) is 11.8 Å². The summed E-state index contributed by atoms with van der Waals surface area (Å²) < 4.78 is 0. The number of nitrogens with zero attached hydrogens (tertiary/aromatic N) is 3. The van der Waals surface area contributed by atoms with E-state index in [4.69, 9.17) is 0 Å². The van der Waals surface area contributed by atoms with Gasteiger partial charge in [0.05, 0.1) is 23.6 Å². The molecule has 5 rings (SSSR count). The summed E-state index contributed by atoms with van der Waals surface area (Å²) in [5.74, 6) is -0.452. The predicted octanol–water partition coefficient (Wildman–Crippen LogP) is 2.71. The smallest absolute Gasteiger partial charge is 0.106 e. The lowest BCUT2D eigenvalue weighted by Gasteiger charge is -2.41. The van der Waals surface area contributed by atoms with Crippen molar-refractivity contribution in [2.75, 3.05) is 57.3 Å². The van der Waals surface area contributed by atoms with Crippen LogP contribution in [0.3, 0.4) is 0 Å². The summed E-state index contributed by atoms with van der Waals surface area (Å²) in [7, 11) is 0. The molecule has 202 valence electrons. The second-order valence-corrected chi connectivity index (χ2v) is 12.0. The molecule has 1 unspecified atom stereocenters. The van der Waals surface area contributed by atoms with Gasteiger partial charge >= 0.3 is 0 Å². The second-order valence-electron chi connectivity index (χ2n) is 10.9. The van der Waals surface area contributed by atoms with Gasteiger partial charge in [0, 0.05) is 55.0 Å². The lowest BCUT2D eigenvalue weighted by Crippen LogP contribution is -2.53. The molecule has 0 radical (unpaired) electrons. The fourth-order valence-corrected chi connectivity index (χ4v) is 7.19. The number of rotatable bonds is 8. The van der Waals surface area contributed by atoms with Crippen LogP contribution in [0, 0.1) is 18.8 Å². The van der Waals surface area contributed by atoms with Crippen LogP contribution in [0.4, 0.5) is 11.4 Å². The summed E-state index contributed by atoms with van der Waals surface area (Å²) >= 11 is 1.86. The van der Waals surface area contributed by atoms with E-state index in [-0.39, 0.29) is 18.4 Å². The number of aliphatic hydroxyl groups is 4. The molecule has 7 nitrogen and oxygen atoms in total. The number of hydrogen-bond donors (Lipinski definition) is 4. The van der Waals surface area contributed by atoms with Crippen LogP contribution in [0.2, 0.25) is 0 Å². The van der Waals surface area contributed by atoms with Crippen LogP contribution in [-0.2, 0) is 0 Å². The summed E-state index contributed by atoms with van der Waals surface area (Å²) in [6.07, 6.45) is -0.720. The summed E-state index contributed by atoms with van der Waals surface area (Å²) in [6.45, 7) is 9.02. The minimum Gasteiger partial charge on any atom is -0.396 e. The monoisotopic (exact) mass is 527 g/mol. The van der Waals surface area contributed by atoms with E-state index in [9.17, 15) is 20.4 Å². The minimum atomic E-state index is -1.17. The molecule has 2 fully saturated rings. The van der Waals surface area contributed by atoms with Crippen molar-refractivity contribution in [3.05, 3.63) is 48.0 Å². The molecule has 3 aliphatic rings. The van der Waals surface area contributed by atoms with E-state index in [1.54, 1.807) is 0 Å². The van der Waals surface area contributed by atoms with Crippen molar-refractivity contribution < 1.29 is 20.4 Å². The first-order valence-electron chi connectivity index (χ1n) is 13.7. The van der Waals surface area contributed by atoms with Gasteiger partial charge in [0.1, 0.15) is 6.10 Å². The van der Waals surface area contributed by atoms with Gasteiger partial charge in [0.2, 0.25) is 0 Å². The molecule has 2 heterocycles. The number of hydrogen-bond acceptors (Lipinski definition) is 8. The van der Waals surface area contributed by atoms with Crippen molar-refractivity contribution in [2.24, 2.45) is 11.8 Å². The first kappa shape index (κ1) is 26.9. The molecule has 0 spiro atoms. The molecule has 2 aromatic rings. The van der Waals surface area contributed by atoms with E-state index in [0.29, 0.717) is 6.42 Å². The van der Waals surface area contributed by atoms with Gasteiger partial charge in [0.25, 0.3) is 0 Å². The Morgan fingerprint density at radius 2 is 1.46 bits per heavy atom. The van der Waals surface area contributed by atoms with Gasteiger partial charge in [-0.1, -0.05) is 30.0 Å². The number of aryl methyl sites for hydroxylation is 1. The highest BCUT2D eigenvalue weighted by atomic mass is 32.2. The van der Waals surface area contributed by atoms with Crippen molar-refractivity contribution in [2.45, 2.75) is 54.3 Å². The maximum atomic E-state index is 10.4. The molecular weight excluding hydrogens is 486 g/mol. The molecule has 0 aromatic heterocycles. The van der Waals surface area contributed by atoms with E-state index in [1.165, 1.54) is 26.7 Å². The van der Waals surface area contributed by atoms with Crippen LogP contribution < -0.4 is 4.90 Å². The lowest BCUT2D eigenvalue weighted by atomic mass is 9.74. The van der Waals surface area contributed by atoms with Crippen LogP contribution in [0.5, 0.6) is 0 Å². The zero-order chi connectivity index (χ0) is 25.9. The highest BCUT2D eigenvalue weighted by molar-refractivity contribution is 7.99. The Morgan fingerprint density at radius 3 is 2.22 bits per heavy atom. The molecule has 1 aliphatic carbocycles.